The molecule has 0 bridgehead atoms. The molecule has 3 fully saturated rings. The lowest BCUT2D eigenvalue weighted by molar-refractivity contribution is -0.220. The highest BCUT2D eigenvalue weighted by Gasteiger charge is 2.59. The van der Waals surface area contributed by atoms with E-state index in [9.17, 15) is 9.59 Å². The van der Waals surface area contributed by atoms with Crippen molar-refractivity contribution in [1.82, 2.24) is 0 Å². The molecular formula is C15H22O7S. The summed E-state index contributed by atoms with van der Waals surface area (Å²) in [6.45, 7) is 9.13. The molecule has 3 aliphatic heterocycles. The van der Waals surface area contributed by atoms with Gasteiger partial charge in [-0.25, -0.2) is 4.79 Å². The fraction of sp³-hybridized carbons (Fsp3) is 0.867. The normalized spacial score (nSPS) is 39.2. The fourth-order valence-corrected chi connectivity index (χ4v) is 3.61. The third kappa shape index (κ3) is 3.35. The summed E-state index contributed by atoms with van der Waals surface area (Å²) in [6, 6.07) is 0. The van der Waals surface area contributed by atoms with Crippen LogP contribution in [0.1, 0.15) is 34.6 Å². The second-order valence-electron chi connectivity index (χ2n) is 7.41. The molecule has 0 aromatic heterocycles. The third-order valence-electron chi connectivity index (χ3n) is 3.86. The average molecular weight is 346 g/mol. The van der Waals surface area contributed by atoms with Crippen LogP contribution in [-0.4, -0.2) is 53.5 Å². The van der Waals surface area contributed by atoms with Gasteiger partial charge in [0.25, 0.3) is 0 Å². The van der Waals surface area contributed by atoms with Crippen molar-refractivity contribution in [2.45, 2.75) is 70.3 Å². The molecule has 0 aromatic carbocycles. The molecule has 3 heterocycles. The van der Waals surface area contributed by atoms with Gasteiger partial charge in [0, 0.05) is 0 Å². The molecule has 0 aliphatic carbocycles. The van der Waals surface area contributed by atoms with Crippen molar-refractivity contribution in [3.8, 4) is 0 Å². The van der Waals surface area contributed by atoms with E-state index in [2.05, 4.69) is 0 Å². The van der Waals surface area contributed by atoms with E-state index in [4.69, 9.17) is 23.7 Å². The van der Waals surface area contributed by atoms with E-state index >= 15 is 0 Å². The minimum absolute atomic E-state index is 0.223. The number of rotatable bonds is 2. The molecule has 130 valence electrons. The molecule has 0 spiro atoms. The molecule has 3 aliphatic rings. The Labute approximate surface area is 139 Å². The number of fused-ring (bicyclic) bond motifs is 1. The Hall–Kier alpha value is -0.830. The van der Waals surface area contributed by atoms with Crippen molar-refractivity contribution in [1.29, 1.82) is 0 Å². The minimum atomic E-state index is -0.804. The summed E-state index contributed by atoms with van der Waals surface area (Å²) in [5, 5.41) is -0.597. The molecule has 8 heteroatoms. The molecule has 5 atom stereocenters. The van der Waals surface area contributed by atoms with Crippen molar-refractivity contribution in [2.24, 2.45) is 5.41 Å². The quantitative estimate of drug-likeness (QED) is 0.703. The molecule has 0 N–H and O–H groups in total. The van der Waals surface area contributed by atoms with Gasteiger partial charge in [0.2, 0.25) is 0 Å². The number of ether oxygens (including phenoxy) is 5. The van der Waals surface area contributed by atoms with E-state index in [1.165, 1.54) is 0 Å². The topological polar surface area (TPSA) is 80.3 Å². The molecule has 0 aromatic rings. The van der Waals surface area contributed by atoms with Crippen LogP contribution >= 0.6 is 11.8 Å². The second kappa shape index (κ2) is 5.61. The van der Waals surface area contributed by atoms with E-state index in [1.807, 2.05) is 0 Å². The van der Waals surface area contributed by atoms with E-state index < -0.39 is 35.8 Å². The summed E-state index contributed by atoms with van der Waals surface area (Å²) < 4.78 is 28.2. The summed E-state index contributed by atoms with van der Waals surface area (Å²) in [7, 11) is 0. The molecule has 0 unspecified atom stereocenters. The Kier molecular flexibility index (Phi) is 4.15. The van der Waals surface area contributed by atoms with Gasteiger partial charge in [-0.3, -0.25) is 4.79 Å². The number of hydrogen-bond donors (Lipinski definition) is 0. The number of cyclic esters (lactones) is 1. The lowest BCUT2D eigenvalue weighted by atomic mass is 9.97. The third-order valence-corrected chi connectivity index (χ3v) is 4.88. The predicted molar refractivity (Wildman–Crippen MR) is 80.8 cm³/mol. The smallest absolute Gasteiger partial charge is 0.367 e. The van der Waals surface area contributed by atoms with E-state index in [1.54, 1.807) is 34.6 Å². The lowest BCUT2D eigenvalue weighted by Gasteiger charge is -2.29. The Balaban J connectivity index is 1.79. The highest BCUT2D eigenvalue weighted by atomic mass is 32.2. The first kappa shape index (κ1) is 17.0. The number of esters is 1. The van der Waals surface area contributed by atoms with Crippen molar-refractivity contribution in [2.75, 3.05) is 6.61 Å². The number of carbonyl (C=O) groups is 2. The molecule has 0 amide bonds. The van der Waals surface area contributed by atoms with Gasteiger partial charge in [-0.05, 0) is 46.4 Å². The summed E-state index contributed by atoms with van der Waals surface area (Å²) >= 11 is 1.05. The SMILES string of the molecule is CC1(C)O[C@H]2O[C@H]([C@@H]3COC(=O)S3)[C@H](OC(=O)C(C)(C)C)[C@H]2O1. The highest BCUT2D eigenvalue weighted by molar-refractivity contribution is 8.14. The molecule has 0 saturated carbocycles. The monoisotopic (exact) mass is 346 g/mol. The van der Waals surface area contributed by atoms with Gasteiger partial charge < -0.3 is 23.7 Å². The number of hydrogen-bond acceptors (Lipinski definition) is 8. The Bertz CT molecular complexity index is 512. The molecule has 3 saturated heterocycles. The predicted octanol–water partition coefficient (Wildman–Crippen LogP) is 2.07. The van der Waals surface area contributed by atoms with Crippen LogP contribution in [0.3, 0.4) is 0 Å². The maximum atomic E-state index is 12.3. The fourth-order valence-electron chi connectivity index (χ4n) is 2.74. The zero-order chi connectivity index (χ0) is 17.0. The molecule has 23 heavy (non-hydrogen) atoms. The van der Waals surface area contributed by atoms with Gasteiger partial charge >= 0.3 is 11.3 Å². The van der Waals surface area contributed by atoms with Crippen LogP contribution in [0, 0.1) is 5.41 Å². The number of carbonyl (C=O) groups excluding carboxylic acids is 2. The van der Waals surface area contributed by atoms with Gasteiger partial charge in [0.15, 0.2) is 24.3 Å². The first-order valence-corrected chi connectivity index (χ1v) is 8.50. The van der Waals surface area contributed by atoms with Crippen molar-refractivity contribution in [3.05, 3.63) is 0 Å². The molecular weight excluding hydrogens is 324 g/mol. The van der Waals surface area contributed by atoms with Crippen LogP contribution in [0.15, 0.2) is 0 Å². The van der Waals surface area contributed by atoms with E-state index in [-0.39, 0.29) is 23.1 Å². The van der Waals surface area contributed by atoms with Crippen LogP contribution in [0.5, 0.6) is 0 Å². The van der Waals surface area contributed by atoms with Crippen molar-refractivity contribution in [3.63, 3.8) is 0 Å². The Morgan fingerprint density at radius 2 is 1.96 bits per heavy atom. The van der Waals surface area contributed by atoms with Gasteiger partial charge in [-0.1, -0.05) is 0 Å². The van der Waals surface area contributed by atoms with Crippen LogP contribution < -0.4 is 0 Å². The standard InChI is InChI=1S/C15H22O7S/c1-14(2,3)12(16)20-9-8(7-6-18-13(17)23-7)19-11-10(9)21-15(4,5)22-11/h7-11H,6H2,1-5H3/t7-,8+,9-,10+,11+/m0/s1. The zero-order valence-electron chi connectivity index (χ0n) is 13.9. The van der Waals surface area contributed by atoms with E-state index in [0.29, 0.717) is 0 Å². The summed E-state index contributed by atoms with van der Waals surface area (Å²) in [4.78, 5) is 23.7. The first-order chi connectivity index (χ1) is 10.6. The largest absolute Gasteiger partial charge is 0.456 e. The zero-order valence-corrected chi connectivity index (χ0v) is 14.7. The Morgan fingerprint density at radius 3 is 2.52 bits per heavy atom. The molecule has 0 radical (unpaired) electrons. The van der Waals surface area contributed by atoms with Crippen LogP contribution in [0.25, 0.3) is 0 Å². The van der Waals surface area contributed by atoms with Gasteiger partial charge in [0.05, 0.1) is 10.7 Å². The van der Waals surface area contributed by atoms with Crippen LogP contribution in [0.2, 0.25) is 0 Å². The van der Waals surface area contributed by atoms with Crippen molar-refractivity contribution < 1.29 is 33.3 Å². The minimum Gasteiger partial charge on any atom is -0.456 e. The summed E-state index contributed by atoms with van der Waals surface area (Å²) in [5.41, 5.74) is -0.646. The summed E-state index contributed by atoms with van der Waals surface area (Å²) in [5.74, 6) is -1.15. The highest BCUT2D eigenvalue weighted by Crippen LogP contribution is 2.43. The maximum absolute atomic E-state index is 12.3. The van der Waals surface area contributed by atoms with E-state index in [0.717, 1.165) is 11.8 Å². The second-order valence-corrected chi connectivity index (χ2v) is 8.58. The first-order valence-electron chi connectivity index (χ1n) is 7.62. The molecule has 3 rings (SSSR count). The van der Waals surface area contributed by atoms with Gasteiger partial charge in [-0.15, -0.1) is 0 Å². The summed E-state index contributed by atoms with van der Waals surface area (Å²) in [6.07, 6.45) is -2.29. The van der Waals surface area contributed by atoms with Crippen molar-refractivity contribution >= 4 is 23.0 Å². The average Bonchev–Trinajstić information content (AvgIpc) is 3.02. The van der Waals surface area contributed by atoms with Gasteiger partial charge in [0.1, 0.15) is 12.7 Å². The van der Waals surface area contributed by atoms with Gasteiger partial charge in [-0.2, -0.15) is 0 Å². The molecule has 7 nitrogen and oxygen atoms in total. The maximum Gasteiger partial charge on any atom is 0.367 e. The lowest BCUT2D eigenvalue weighted by Crippen LogP contribution is -2.44. The number of thioether (sulfide) groups is 1. The van der Waals surface area contributed by atoms with Crippen LogP contribution in [-0.2, 0) is 28.5 Å². The Morgan fingerprint density at radius 1 is 1.26 bits per heavy atom. The van der Waals surface area contributed by atoms with Crippen LogP contribution in [0.4, 0.5) is 4.79 Å².